The predicted octanol–water partition coefficient (Wildman–Crippen LogP) is 7.51. The lowest BCUT2D eigenvalue weighted by Gasteiger charge is -2.61. The van der Waals surface area contributed by atoms with Crippen LogP contribution in [-0.4, -0.2) is 77.3 Å². The molecule has 3 aliphatic carbocycles. The molecule has 7 heteroatoms. The molecule has 1 heterocycles. The Labute approximate surface area is 337 Å². The number of carbonyl (C=O) groups excluding carboxylic acids is 1. The van der Waals surface area contributed by atoms with Crippen LogP contribution in [0.4, 0.5) is 0 Å². The minimum Gasteiger partial charge on any atom is -0.396 e. The van der Waals surface area contributed by atoms with Crippen LogP contribution in [0, 0.1) is 35.0 Å². The van der Waals surface area contributed by atoms with Crippen LogP contribution in [-0.2, 0) is 17.6 Å². The molecule has 0 amide bonds. The first-order valence-electron chi connectivity index (χ1n) is 21.6. The minimum atomic E-state index is -1.22. The predicted molar refractivity (Wildman–Crippen MR) is 229 cm³/mol. The summed E-state index contributed by atoms with van der Waals surface area (Å²) in [6.45, 7) is 14.4. The second kappa shape index (κ2) is 20.2. The maximum Gasteiger partial charge on any atom is 0.145 e. The van der Waals surface area contributed by atoms with Gasteiger partial charge in [0, 0.05) is 36.4 Å². The third-order valence-electron chi connectivity index (χ3n) is 13.9. The van der Waals surface area contributed by atoms with Gasteiger partial charge in [-0.1, -0.05) is 110 Å². The molecule has 0 unspecified atom stereocenters. The van der Waals surface area contributed by atoms with E-state index in [0.29, 0.717) is 56.7 Å². The van der Waals surface area contributed by atoms with Crippen molar-refractivity contribution in [2.24, 2.45) is 35.0 Å². The molecule has 4 bridgehead atoms. The van der Waals surface area contributed by atoms with Crippen molar-refractivity contribution in [3.63, 3.8) is 0 Å². The maximum absolute atomic E-state index is 13.0. The van der Waals surface area contributed by atoms with E-state index in [1.807, 2.05) is 26.1 Å². The summed E-state index contributed by atoms with van der Waals surface area (Å²) in [5.41, 5.74) is 5.25. The smallest absolute Gasteiger partial charge is 0.145 e. The highest BCUT2D eigenvalue weighted by atomic mass is 16.3. The summed E-state index contributed by atoms with van der Waals surface area (Å²) < 4.78 is 0. The molecule has 2 fully saturated rings. The zero-order valence-corrected chi connectivity index (χ0v) is 35.0. The van der Waals surface area contributed by atoms with Gasteiger partial charge in [-0.3, -0.25) is 4.79 Å². The summed E-state index contributed by atoms with van der Waals surface area (Å²) in [7, 11) is 1.88. The van der Waals surface area contributed by atoms with E-state index >= 15 is 0 Å². The number of benzene rings is 1. The molecular formula is C49H72N2O5. The summed E-state index contributed by atoms with van der Waals surface area (Å²) >= 11 is 0. The molecule has 1 aromatic rings. The van der Waals surface area contributed by atoms with Gasteiger partial charge < -0.3 is 31.1 Å². The van der Waals surface area contributed by atoms with E-state index in [0.717, 1.165) is 68.1 Å². The van der Waals surface area contributed by atoms with Gasteiger partial charge in [-0.15, -0.1) is 0 Å². The van der Waals surface area contributed by atoms with Crippen molar-refractivity contribution in [2.45, 2.75) is 129 Å². The Morgan fingerprint density at radius 2 is 1.95 bits per heavy atom. The molecule has 0 radical (unpaired) electrons. The van der Waals surface area contributed by atoms with Crippen LogP contribution >= 0.6 is 0 Å². The Morgan fingerprint density at radius 1 is 1.18 bits per heavy atom. The standard InChI is InChI=1S/C49H72N2O5/c1-7-8-9-16-44(54)42(15-10-12-34(3)40-18-17-33(2)31-51-36(5)27-37-13-11-14-38(28-37)29-40)43-21-23-49(47(43)55)46-39(22-26-52)19-20-41(45(46)35(4)32-53)30-48(49,56)24-25-50-6/h10-15,17,19-20,28,32,36,39-41,43-44,46-47,50-52,54-56H,3,7-9,16,18,21-27,29-31H2,1-2,4-6H3/b12-10+,33-17+,42-15+,45-35?/t36-,39-,40+,41-,43-,44+,46-,47+,48+,49+/m0/s1. The van der Waals surface area contributed by atoms with Crippen LogP contribution in [0.15, 0.2) is 95.2 Å². The molecule has 2 saturated carbocycles. The number of carbonyl (C=O) groups is 1. The third-order valence-corrected chi connectivity index (χ3v) is 13.9. The van der Waals surface area contributed by atoms with E-state index in [9.17, 15) is 25.2 Å². The quantitative estimate of drug-likeness (QED) is 0.0359. The number of aliphatic hydroxyl groups is 4. The first-order valence-corrected chi connectivity index (χ1v) is 21.6. The Kier molecular flexibility index (Phi) is 15.9. The van der Waals surface area contributed by atoms with Gasteiger partial charge >= 0.3 is 0 Å². The number of allylic oxidation sites excluding steroid dienone is 9. The minimum absolute atomic E-state index is 0.0258. The molecule has 4 aliphatic rings. The molecule has 308 valence electrons. The first kappa shape index (κ1) is 44.2. The highest BCUT2D eigenvalue weighted by molar-refractivity contribution is 5.74. The van der Waals surface area contributed by atoms with Gasteiger partial charge in [0.1, 0.15) is 6.29 Å². The number of fused-ring (bicyclic) bond motifs is 5. The summed E-state index contributed by atoms with van der Waals surface area (Å²) in [4.78, 5) is 12.4. The zero-order chi connectivity index (χ0) is 40.5. The number of hydrogen-bond donors (Lipinski definition) is 6. The van der Waals surface area contributed by atoms with E-state index in [1.165, 1.54) is 16.7 Å². The number of aldehydes is 1. The fourth-order valence-electron chi connectivity index (χ4n) is 10.9. The lowest BCUT2D eigenvalue weighted by Crippen LogP contribution is -2.65. The summed E-state index contributed by atoms with van der Waals surface area (Å²) in [5.74, 6) is -0.741. The van der Waals surface area contributed by atoms with E-state index in [2.05, 4.69) is 86.6 Å². The van der Waals surface area contributed by atoms with Gasteiger partial charge in [-0.05, 0) is 132 Å². The van der Waals surface area contributed by atoms with E-state index in [4.69, 9.17) is 0 Å². The summed E-state index contributed by atoms with van der Waals surface area (Å²) in [5, 5.41) is 55.0. The lowest BCUT2D eigenvalue weighted by molar-refractivity contribution is -0.194. The van der Waals surface area contributed by atoms with Crippen molar-refractivity contribution in [1.82, 2.24) is 10.6 Å². The van der Waals surface area contributed by atoms with Gasteiger partial charge in [-0.2, -0.15) is 0 Å². The van der Waals surface area contributed by atoms with Crippen molar-refractivity contribution in [3.05, 3.63) is 106 Å². The van der Waals surface area contributed by atoms with Crippen molar-refractivity contribution in [1.29, 1.82) is 0 Å². The molecule has 1 spiro atoms. The highest BCUT2D eigenvalue weighted by Crippen LogP contribution is 2.67. The number of aliphatic hydroxyl groups excluding tert-OH is 3. The van der Waals surface area contributed by atoms with E-state index < -0.39 is 23.2 Å². The number of hydrogen-bond acceptors (Lipinski definition) is 7. The van der Waals surface area contributed by atoms with Crippen molar-refractivity contribution >= 4 is 6.29 Å². The molecule has 5 rings (SSSR count). The monoisotopic (exact) mass is 769 g/mol. The second-order valence-electron chi connectivity index (χ2n) is 17.7. The first-order chi connectivity index (χ1) is 26.9. The SMILES string of the molecule is C=C(/C=C/C=C(/[C@H](O)CCCCC)[C@@H]1CC[C@]2([C@@H]1O)[C@@H]1C(=C(C)C=O)[C@@H](C=C[C@H]1CCO)C[C@]2(O)CCNC)[C@@H]1C/C=C(\C)CN[C@@H](C)Cc2cccc(c2)C1. The lowest BCUT2D eigenvalue weighted by atomic mass is 9.45. The number of nitrogens with one attached hydrogen (secondary N) is 2. The molecule has 0 saturated heterocycles. The molecular weight excluding hydrogens is 697 g/mol. The molecule has 56 heavy (non-hydrogen) atoms. The van der Waals surface area contributed by atoms with Gasteiger partial charge in [0.15, 0.2) is 0 Å². The average Bonchev–Trinajstić information content (AvgIpc) is 3.52. The van der Waals surface area contributed by atoms with E-state index in [1.54, 1.807) is 0 Å². The van der Waals surface area contributed by atoms with Gasteiger partial charge in [0.2, 0.25) is 0 Å². The summed E-state index contributed by atoms with van der Waals surface area (Å²) in [6.07, 6.45) is 20.7. The highest BCUT2D eigenvalue weighted by Gasteiger charge is 2.68. The topological polar surface area (TPSA) is 122 Å². The second-order valence-corrected chi connectivity index (χ2v) is 17.7. The Bertz CT molecular complexity index is 1660. The fourth-order valence-corrected chi connectivity index (χ4v) is 10.9. The largest absolute Gasteiger partial charge is 0.396 e. The normalized spacial score (nSPS) is 34.8. The van der Waals surface area contributed by atoms with Crippen LogP contribution in [0.1, 0.15) is 103 Å². The van der Waals surface area contributed by atoms with Crippen LogP contribution in [0.3, 0.4) is 0 Å². The molecule has 0 aromatic heterocycles. The molecule has 1 aliphatic heterocycles. The number of rotatable bonds is 15. The fraction of sp³-hybridized carbons (Fsp3) is 0.612. The van der Waals surface area contributed by atoms with Crippen LogP contribution in [0.25, 0.3) is 0 Å². The molecule has 1 aromatic carbocycles. The van der Waals surface area contributed by atoms with E-state index in [-0.39, 0.29) is 36.2 Å². The van der Waals surface area contributed by atoms with Gasteiger partial charge in [0.05, 0.1) is 17.8 Å². The maximum atomic E-state index is 13.0. The van der Waals surface area contributed by atoms with Crippen LogP contribution in [0.5, 0.6) is 0 Å². The zero-order valence-electron chi connectivity index (χ0n) is 35.0. The van der Waals surface area contributed by atoms with Crippen molar-refractivity contribution < 1.29 is 25.2 Å². The molecule has 10 atom stereocenters. The van der Waals surface area contributed by atoms with Crippen LogP contribution < -0.4 is 10.6 Å². The average molecular weight is 769 g/mol. The third kappa shape index (κ3) is 9.68. The number of unbranched alkanes of at least 4 members (excludes halogenated alkanes) is 2. The van der Waals surface area contributed by atoms with Gasteiger partial charge in [0.25, 0.3) is 0 Å². The van der Waals surface area contributed by atoms with Crippen molar-refractivity contribution in [3.8, 4) is 0 Å². The Morgan fingerprint density at radius 3 is 2.66 bits per heavy atom. The van der Waals surface area contributed by atoms with Crippen molar-refractivity contribution in [2.75, 3.05) is 26.7 Å². The van der Waals surface area contributed by atoms with Crippen LogP contribution in [0.2, 0.25) is 0 Å². The Balaban J connectivity index is 1.52. The molecule has 7 nitrogen and oxygen atoms in total. The Hall–Kier alpha value is -2.91. The summed E-state index contributed by atoms with van der Waals surface area (Å²) in [6, 6.07) is 9.32. The molecule has 6 N–H and O–H groups in total. The van der Waals surface area contributed by atoms with Gasteiger partial charge in [-0.25, -0.2) is 0 Å².